The number of thioether (sulfide) groups is 1. The van der Waals surface area contributed by atoms with Crippen LogP contribution in [0, 0.1) is 0 Å². The van der Waals surface area contributed by atoms with Crippen LogP contribution in [0.4, 0.5) is 0 Å². The fourth-order valence-corrected chi connectivity index (χ4v) is 5.83. The van der Waals surface area contributed by atoms with Crippen LogP contribution in [-0.4, -0.2) is 28.8 Å². The molecule has 5 nitrogen and oxygen atoms in total. The molecule has 0 saturated heterocycles. The minimum atomic E-state index is -2.80. The van der Waals surface area contributed by atoms with E-state index in [1.807, 2.05) is 18.0 Å². The molecule has 1 aliphatic rings. The molecule has 1 aliphatic carbocycles. The van der Waals surface area contributed by atoms with Crippen molar-refractivity contribution in [1.82, 2.24) is 10.3 Å². The van der Waals surface area contributed by atoms with E-state index in [2.05, 4.69) is 57.3 Å². The number of hydrogen-bond donors (Lipinski definition) is 2. The Morgan fingerprint density at radius 3 is 2.59 bits per heavy atom. The molecule has 1 atom stereocenters. The van der Waals surface area contributed by atoms with Crippen molar-refractivity contribution in [3.05, 3.63) is 59.9 Å². The van der Waals surface area contributed by atoms with Crippen molar-refractivity contribution in [1.29, 1.82) is 0 Å². The number of rotatable bonds is 14. The highest BCUT2D eigenvalue weighted by molar-refractivity contribution is 7.99. The molecule has 3 rings (SSSR count). The number of nitrogens with zero attached hydrogens (tertiary/aromatic N) is 1. The van der Waals surface area contributed by atoms with E-state index in [-0.39, 0.29) is 0 Å². The van der Waals surface area contributed by atoms with Gasteiger partial charge in [-0.15, -0.1) is 11.8 Å². The van der Waals surface area contributed by atoms with Gasteiger partial charge in [-0.2, -0.15) is 0 Å². The van der Waals surface area contributed by atoms with E-state index < -0.39 is 8.25 Å². The van der Waals surface area contributed by atoms with E-state index in [4.69, 9.17) is 4.89 Å². The summed E-state index contributed by atoms with van der Waals surface area (Å²) in [5, 5.41) is 3.28. The van der Waals surface area contributed by atoms with Gasteiger partial charge in [-0.05, 0) is 67.5 Å². The molecule has 1 aromatic heterocycles. The van der Waals surface area contributed by atoms with Gasteiger partial charge in [0.2, 0.25) is 0 Å². The van der Waals surface area contributed by atoms with Gasteiger partial charge >= 0.3 is 8.25 Å². The van der Waals surface area contributed by atoms with Crippen LogP contribution in [-0.2, 0) is 21.0 Å². The van der Waals surface area contributed by atoms with Crippen LogP contribution in [0.3, 0.4) is 0 Å². The van der Waals surface area contributed by atoms with E-state index in [0.717, 1.165) is 18.0 Å². The van der Waals surface area contributed by atoms with Crippen molar-refractivity contribution in [2.45, 2.75) is 74.6 Å². The van der Waals surface area contributed by atoms with E-state index in [1.54, 1.807) is 5.56 Å². The lowest BCUT2D eigenvalue weighted by Crippen LogP contribution is -2.29. The van der Waals surface area contributed by atoms with Crippen LogP contribution in [0.2, 0.25) is 0 Å². The Hall–Kier alpha value is -1.17. The summed E-state index contributed by atoms with van der Waals surface area (Å²) in [5.41, 5.74) is 2.97. The Kier molecular flexibility index (Phi) is 11.3. The Morgan fingerprint density at radius 1 is 1.06 bits per heavy atom. The predicted octanol–water partition coefficient (Wildman–Crippen LogP) is 6.12. The molecule has 1 saturated carbocycles. The number of pyridine rings is 1. The lowest BCUT2D eigenvalue weighted by molar-refractivity contribution is 0.268. The van der Waals surface area contributed by atoms with Crippen LogP contribution >= 0.6 is 20.0 Å². The molecular weight excluding hydrogens is 439 g/mol. The van der Waals surface area contributed by atoms with Crippen molar-refractivity contribution in [3.63, 3.8) is 0 Å². The summed E-state index contributed by atoms with van der Waals surface area (Å²) >= 11 is 1.90. The molecule has 0 bridgehead atoms. The molecular formula is C25H37N2O3PS. The van der Waals surface area contributed by atoms with Crippen LogP contribution in [0.1, 0.15) is 69.0 Å². The second kappa shape index (κ2) is 14.2. The van der Waals surface area contributed by atoms with E-state index in [1.165, 1.54) is 56.3 Å². The Labute approximate surface area is 197 Å². The molecule has 0 aliphatic heterocycles. The average molecular weight is 477 g/mol. The number of unbranched alkanes of at least 4 members (excludes halogenated alkanes) is 1. The average Bonchev–Trinajstić information content (AvgIpc) is 2.83. The summed E-state index contributed by atoms with van der Waals surface area (Å²) in [6.07, 6.45) is 13.3. The number of nitrogens with one attached hydrogen (secondary N) is 1. The third-order valence-corrected chi connectivity index (χ3v) is 7.86. The first kappa shape index (κ1) is 25.5. The van der Waals surface area contributed by atoms with Crippen LogP contribution in [0.5, 0.6) is 0 Å². The predicted molar refractivity (Wildman–Crippen MR) is 134 cm³/mol. The fraction of sp³-hybridized carbons (Fsp3) is 0.560. The normalized spacial score (nSPS) is 16.7. The van der Waals surface area contributed by atoms with Gasteiger partial charge in [-0.3, -0.25) is 9.55 Å². The molecule has 0 amide bonds. The van der Waals surface area contributed by atoms with Crippen molar-refractivity contribution in [3.8, 4) is 0 Å². The lowest BCUT2D eigenvalue weighted by Gasteiger charge is -2.38. The SMILES string of the molecule is O=[PH](O)OCCCNCc1ccc(SCCCCC2(c3ccccc3)CCCCC2)cn1. The standard InChI is InChI=1S/C25H37N2O3PS/c28-31(29)30-18-9-17-26-20-23-12-13-24(21-27-23)32-19-8-7-16-25(14-5-2-6-15-25)22-10-3-1-4-11-22/h1,3-4,10-13,21,26,31H,2,5-9,14-20H2,(H,28,29). The molecule has 2 aromatic rings. The Morgan fingerprint density at radius 2 is 1.88 bits per heavy atom. The smallest absolute Gasteiger partial charge is 0.316 e. The summed E-state index contributed by atoms with van der Waals surface area (Å²) in [4.78, 5) is 14.4. The van der Waals surface area contributed by atoms with Crippen molar-refractivity contribution >= 4 is 20.0 Å². The quantitative estimate of drug-likeness (QED) is 0.194. The highest BCUT2D eigenvalue weighted by Gasteiger charge is 2.32. The second-order valence-electron chi connectivity index (χ2n) is 8.64. The minimum Gasteiger partial charge on any atom is -0.326 e. The number of hydrogen-bond acceptors (Lipinski definition) is 5. The molecule has 1 fully saturated rings. The van der Waals surface area contributed by atoms with Gasteiger partial charge in [-0.1, -0.05) is 56.0 Å². The Bertz CT molecular complexity index is 799. The maximum Gasteiger partial charge on any atom is 0.316 e. The highest BCUT2D eigenvalue weighted by atomic mass is 32.2. The van der Waals surface area contributed by atoms with Gasteiger partial charge in [0.25, 0.3) is 0 Å². The van der Waals surface area contributed by atoms with E-state index in [9.17, 15) is 4.57 Å². The van der Waals surface area contributed by atoms with Gasteiger partial charge in [0.15, 0.2) is 0 Å². The molecule has 1 heterocycles. The lowest BCUT2D eigenvalue weighted by atomic mass is 9.67. The largest absolute Gasteiger partial charge is 0.326 e. The van der Waals surface area contributed by atoms with E-state index in [0.29, 0.717) is 25.0 Å². The zero-order chi connectivity index (χ0) is 22.5. The maximum absolute atomic E-state index is 10.5. The van der Waals surface area contributed by atoms with Gasteiger partial charge in [-0.25, -0.2) is 0 Å². The molecule has 0 radical (unpaired) electrons. The second-order valence-corrected chi connectivity index (χ2v) is 10.6. The molecule has 1 aromatic carbocycles. The highest BCUT2D eigenvalue weighted by Crippen LogP contribution is 2.43. The van der Waals surface area contributed by atoms with E-state index >= 15 is 0 Å². The third kappa shape index (κ3) is 8.64. The van der Waals surface area contributed by atoms with Gasteiger partial charge < -0.3 is 14.7 Å². The van der Waals surface area contributed by atoms with Crippen LogP contribution in [0.25, 0.3) is 0 Å². The van der Waals surface area contributed by atoms with Crippen LogP contribution < -0.4 is 5.32 Å². The molecule has 176 valence electrons. The first-order chi connectivity index (χ1) is 15.7. The minimum absolute atomic E-state index is 0.302. The fourth-order valence-electron chi connectivity index (χ4n) is 4.63. The van der Waals surface area contributed by atoms with Gasteiger partial charge in [0, 0.05) is 17.6 Å². The zero-order valence-electron chi connectivity index (χ0n) is 18.9. The van der Waals surface area contributed by atoms with Crippen molar-refractivity contribution in [2.24, 2.45) is 0 Å². The van der Waals surface area contributed by atoms with Crippen molar-refractivity contribution in [2.75, 3.05) is 18.9 Å². The Balaban J connectivity index is 1.33. The van der Waals surface area contributed by atoms with Gasteiger partial charge in [0.05, 0.1) is 12.3 Å². The van der Waals surface area contributed by atoms with Gasteiger partial charge in [0.1, 0.15) is 0 Å². The first-order valence-corrected chi connectivity index (χ1v) is 14.1. The summed E-state index contributed by atoms with van der Waals surface area (Å²) in [6.45, 7) is 1.73. The van der Waals surface area contributed by atoms with Crippen LogP contribution in [0.15, 0.2) is 53.6 Å². The molecule has 32 heavy (non-hydrogen) atoms. The third-order valence-electron chi connectivity index (χ3n) is 6.34. The number of aromatic nitrogens is 1. The topological polar surface area (TPSA) is 71.5 Å². The first-order valence-electron chi connectivity index (χ1n) is 11.9. The summed E-state index contributed by atoms with van der Waals surface area (Å²) < 4.78 is 15.1. The summed E-state index contributed by atoms with van der Waals surface area (Å²) in [5.74, 6) is 1.14. The monoisotopic (exact) mass is 476 g/mol. The van der Waals surface area contributed by atoms with Crippen molar-refractivity contribution < 1.29 is 14.0 Å². The molecule has 0 spiro atoms. The summed E-state index contributed by atoms with van der Waals surface area (Å²) in [6, 6.07) is 15.4. The maximum atomic E-state index is 10.5. The summed E-state index contributed by atoms with van der Waals surface area (Å²) in [7, 11) is -2.80. The molecule has 2 N–H and O–H groups in total. The zero-order valence-corrected chi connectivity index (χ0v) is 20.7. The molecule has 7 heteroatoms. The number of benzene rings is 1. The molecule has 1 unspecified atom stereocenters.